The number of likely N-dealkylation sites (tertiary alicyclic amines) is 1. The third-order valence-electron chi connectivity index (χ3n) is 5.91. The SMILES string of the molecule is COC(=O)c1cc(-c2ccc([C@@]34C[C@H]3CN(C(=O)OC(C)(C)C)C4)cc2)cnc1N. The highest BCUT2D eigenvalue weighted by atomic mass is 16.6. The average Bonchev–Trinajstić information content (AvgIpc) is 3.27. The Morgan fingerprint density at radius 3 is 2.53 bits per heavy atom. The first kappa shape index (κ1) is 20.2. The van der Waals surface area contributed by atoms with Crippen LogP contribution < -0.4 is 5.73 Å². The van der Waals surface area contributed by atoms with Gasteiger partial charge in [0.25, 0.3) is 0 Å². The minimum absolute atomic E-state index is 0.0198. The summed E-state index contributed by atoms with van der Waals surface area (Å²) in [5.74, 6) is 0.112. The number of carbonyl (C=O) groups excluding carboxylic acids is 2. The third kappa shape index (κ3) is 3.60. The van der Waals surface area contributed by atoms with Gasteiger partial charge in [-0.3, -0.25) is 0 Å². The predicted molar refractivity (Wildman–Crippen MR) is 113 cm³/mol. The zero-order valence-electron chi connectivity index (χ0n) is 17.8. The zero-order valence-corrected chi connectivity index (χ0v) is 17.8. The number of ether oxygens (including phenoxy) is 2. The van der Waals surface area contributed by atoms with Gasteiger partial charge in [-0.05, 0) is 50.3 Å². The van der Waals surface area contributed by atoms with E-state index in [2.05, 4.69) is 17.1 Å². The number of benzene rings is 1. The van der Waals surface area contributed by atoms with Gasteiger partial charge in [0.05, 0.1) is 7.11 Å². The molecular weight excluding hydrogens is 382 g/mol. The molecule has 2 fully saturated rings. The van der Waals surface area contributed by atoms with Crippen LogP contribution >= 0.6 is 0 Å². The van der Waals surface area contributed by atoms with Gasteiger partial charge in [-0.1, -0.05) is 24.3 Å². The Bertz CT molecular complexity index is 996. The number of aromatic nitrogens is 1. The first-order chi connectivity index (χ1) is 14.1. The van der Waals surface area contributed by atoms with Crippen LogP contribution in [0.5, 0.6) is 0 Å². The number of methoxy groups -OCH3 is 1. The van der Waals surface area contributed by atoms with Crippen molar-refractivity contribution >= 4 is 17.9 Å². The smallest absolute Gasteiger partial charge is 0.410 e. The van der Waals surface area contributed by atoms with Crippen LogP contribution in [0, 0.1) is 5.92 Å². The number of nitrogens with zero attached hydrogens (tertiary/aromatic N) is 2. The zero-order chi connectivity index (χ0) is 21.7. The van der Waals surface area contributed by atoms with Gasteiger partial charge in [0.2, 0.25) is 0 Å². The highest BCUT2D eigenvalue weighted by molar-refractivity contribution is 5.95. The van der Waals surface area contributed by atoms with E-state index in [0.29, 0.717) is 12.5 Å². The van der Waals surface area contributed by atoms with Gasteiger partial charge < -0.3 is 20.1 Å². The summed E-state index contributed by atoms with van der Waals surface area (Å²) in [6.45, 7) is 7.07. The van der Waals surface area contributed by atoms with Gasteiger partial charge in [0, 0.05) is 30.3 Å². The lowest BCUT2D eigenvalue weighted by Crippen LogP contribution is -2.37. The van der Waals surface area contributed by atoms with Crippen molar-refractivity contribution in [2.45, 2.75) is 38.2 Å². The average molecular weight is 409 g/mol. The Hall–Kier alpha value is -3.09. The monoisotopic (exact) mass is 409 g/mol. The fourth-order valence-corrected chi connectivity index (χ4v) is 4.30. The minimum atomic E-state index is -0.508. The maximum Gasteiger partial charge on any atom is 0.410 e. The molecule has 1 aromatic heterocycles. The standard InChI is InChI=1S/C23H27N3O4/c1-22(2,3)30-21(28)26-12-17-10-23(17,13-26)16-7-5-14(6-8-16)15-9-18(20(27)29-4)19(24)25-11-15/h5-9,11,17H,10,12-13H2,1-4H3,(H2,24,25)/t17-,23-/m0/s1. The van der Waals surface area contributed by atoms with Crippen molar-refractivity contribution in [1.82, 2.24) is 9.88 Å². The van der Waals surface area contributed by atoms with Crippen molar-refractivity contribution in [2.24, 2.45) is 5.92 Å². The van der Waals surface area contributed by atoms with Crippen LogP contribution in [0.25, 0.3) is 11.1 Å². The van der Waals surface area contributed by atoms with Crippen molar-refractivity contribution in [1.29, 1.82) is 0 Å². The lowest BCUT2D eigenvalue weighted by molar-refractivity contribution is 0.0270. The van der Waals surface area contributed by atoms with E-state index in [9.17, 15) is 9.59 Å². The summed E-state index contributed by atoms with van der Waals surface area (Å²) >= 11 is 0. The van der Waals surface area contributed by atoms with Crippen LogP contribution in [0.4, 0.5) is 10.6 Å². The molecule has 0 spiro atoms. The van der Waals surface area contributed by atoms with Crippen LogP contribution in [0.15, 0.2) is 36.5 Å². The van der Waals surface area contributed by atoms with Crippen molar-refractivity contribution in [3.8, 4) is 11.1 Å². The fraction of sp³-hybridized carbons (Fsp3) is 0.435. The van der Waals surface area contributed by atoms with E-state index in [4.69, 9.17) is 15.2 Å². The van der Waals surface area contributed by atoms with Crippen LogP contribution in [0.3, 0.4) is 0 Å². The number of rotatable bonds is 3. The molecule has 7 nitrogen and oxygen atoms in total. The maximum atomic E-state index is 12.4. The lowest BCUT2D eigenvalue weighted by Gasteiger charge is -2.26. The molecule has 1 saturated heterocycles. The van der Waals surface area contributed by atoms with Gasteiger partial charge in [-0.15, -0.1) is 0 Å². The van der Waals surface area contributed by atoms with E-state index in [-0.39, 0.29) is 22.9 Å². The second kappa shape index (κ2) is 7.00. The van der Waals surface area contributed by atoms with E-state index in [1.54, 1.807) is 12.3 Å². The second-order valence-electron chi connectivity index (χ2n) is 9.14. The first-order valence-electron chi connectivity index (χ1n) is 10.1. The number of carbonyl (C=O) groups is 2. The molecule has 1 aromatic carbocycles. The largest absolute Gasteiger partial charge is 0.465 e. The maximum absolute atomic E-state index is 12.4. The Labute approximate surface area is 176 Å². The van der Waals surface area contributed by atoms with Crippen molar-refractivity contribution < 1.29 is 19.1 Å². The summed E-state index contributed by atoms with van der Waals surface area (Å²) in [7, 11) is 1.32. The molecule has 1 aliphatic carbocycles. The molecule has 1 amide bonds. The van der Waals surface area contributed by atoms with Crippen molar-refractivity contribution in [3.05, 3.63) is 47.7 Å². The quantitative estimate of drug-likeness (QED) is 0.778. The molecule has 0 unspecified atom stereocenters. The van der Waals surface area contributed by atoms with E-state index in [1.807, 2.05) is 37.8 Å². The number of piperidine rings is 1. The number of nitrogen functional groups attached to an aromatic ring is 1. The Kier molecular flexibility index (Phi) is 4.71. The summed E-state index contributed by atoms with van der Waals surface area (Å²) < 4.78 is 10.3. The van der Waals surface area contributed by atoms with E-state index < -0.39 is 11.6 Å². The molecule has 0 radical (unpaired) electrons. The van der Waals surface area contributed by atoms with Gasteiger partial charge in [0.15, 0.2) is 0 Å². The molecule has 30 heavy (non-hydrogen) atoms. The van der Waals surface area contributed by atoms with Gasteiger partial charge >= 0.3 is 12.1 Å². The number of pyridine rings is 1. The summed E-state index contributed by atoms with van der Waals surface area (Å²) in [6, 6.07) is 9.93. The Morgan fingerprint density at radius 2 is 1.90 bits per heavy atom. The molecule has 2 aromatic rings. The number of hydrogen-bond acceptors (Lipinski definition) is 6. The Balaban J connectivity index is 1.52. The first-order valence-corrected chi connectivity index (χ1v) is 10.1. The van der Waals surface area contributed by atoms with Crippen LogP contribution in [0.2, 0.25) is 0 Å². The third-order valence-corrected chi connectivity index (χ3v) is 5.91. The number of nitrogens with two attached hydrogens (primary N) is 1. The number of hydrogen-bond donors (Lipinski definition) is 1. The molecule has 1 saturated carbocycles. The molecule has 2 heterocycles. The van der Waals surface area contributed by atoms with Gasteiger partial charge in [-0.2, -0.15) is 0 Å². The summed E-state index contributed by atoms with van der Waals surface area (Å²) in [4.78, 5) is 30.3. The lowest BCUT2D eigenvalue weighted by atomic mass is 9.93. The molecule has 158 valence electrons. The molecule has 4 rings (SSSR count). The van der Waals surface area contributed by atoms with Crippen LogP contribution in [0.1, 0.15) is 43.1 Å². The summed E-state index contributed by atoms with van der Waals surface area (Å²) in [5, 5.41) is 0. The normalized spacial score (nSPS) is 22.4. The molecule has 2 aliphatic rings. The topological polar surface area (TPSA) is 94.8 Å². The number of anilines is 1. The number of amides is 1. The molecule has 2 N–H and O–H groups in total. The molecule has 7 heteroatoms. The van der Waals surface area contributed by atoms with E-state index >= 15 is 0 Å². The molecule has 0 bridgehead atoms. The van der Waals surface area contributed by atoms with Gasteiger partial charge in [-0.25, -0.2) is 14.6 Å². The highest BCUT2D eigenvalue weighted by Gasteiger charge is 2.62. The van der Waals surface area contributed by atoms with Crippen LogP contribution in [-0.2, 0) is 14.9 Å². The molecular formula is C23H27N3O4. The van der Waals surface area contributed by atoms with Gasteiger partial charge in [0.1, 0.15) is 17.0 Å². The minimum Gasteiger partial charge on any atom is -0.465 e. The second-order valence-corrected chi connectivity index (χ2v) is 9.14. The number of esters is 1. The molecule has 1 aliphatic heterocycles. The fourth-order valence-electron chi connectivity index (χ4n) is 4.30. The summed E-state index contributed by atoms with van der Waals surface area (Å²) in [6.07, 6.45) is 2.49. The highest BCUT2D eigenvalue weighted by Crippen LogP contribution is 2.59. The van der Waals surface area contributed by atoms with Crippen molar-refractivity contribution in [3.63, 3.8) is 0 Å². The van der Waals surface area contributed by atoms with E-state index in [1.165, 1.54) is 12.7 Å². The predicted octanol–water partition coefficient (Wildman–Crippen LogP) is 3.63. The molecule has 2 atom stereocenters. The van der Waals surface area contributed by atoms with Crippen molar-refractivity contribution in [2.75, 3.05) is 25.9 Å². The summed E-state index contributed by atoms with van der Waals surface area (Å²) in [5.41, 5.74) is 8.53. The number of fused-ring (bicyclic) bond motifs is 1. The Morgan fingerprint density at radius 1 is 1.20 bits per heavy atom. The van der Waals surface area contributed by atoms with E-state index in [0.717, 1.165) is 24.1 Å². The van der Waals surface area contributed by atoms with Crippen LogP contribution in [-0.4, -0.2) is 47.7 Å².